The molecule has 0 heterocycles. The van der Waals surface area contributed by atoms with Crippen molar-refractivity contribution >= 4 is 22.7 Å². The largest absolute Gasteiger partial charge is 0.458 e. The minimum atomic E-state index is -0.495. The van der Waals surface area contributed by atoms with E-state index in [-0.39, 0.29) is 0 Å². The molecular weight excluding hydrogens is 344 g/mol. The zero-order chi connectivity index (χ0) is 20.1. The third-order valence-electron chi connectivity index (χ3n) is 3.70. The average Bonchev–Trinajstić information content (AvgIpc) is 2.61. The molecule has 0 saturated carbocycles. The van der Waals surface area contributed by atoms with Crippen LogP contribution < -0.4 is 9.47 Å². The summed E-state index contributed by atoms with van der Waals surface area (Å²) in [6.45, 7) is 13.7. The van der Waals surface area contributed by atoms with Gasteiger partial charge in [0, 0.05) is 11.1 Å². The molecule has 0 N–H and O–H groups in total. The summed E-state index contributed by atoms with van der Waals surface area (Å²) in [5.74, 6) is 0.918. The van der Waals surface area contributed by atoms with E-state index in [1.165, 1.54) is 0 Å². The standard InChI is InChI=1S/C22H22O5/c1-13(2)21(23)26-16(6)15(5)25-19-9-7-18-12-20(10-8-17(18)11-19)27-22(24)14(3)4/h7-12H,1,3H2,2,4-6H3/b16-15+. The van der Waals surface area contributed by atoms with Gasteiger partial charge < -0.3 is 14.2 Å². The fourth-order valence-corrected chi connectivity index (χ4v) is 2.07. The van der Waals surface area contributed by atoms with Crippen LogP contribution in [-0.2, 0) is 14.3 Å². The number of allylic oxidation sites excluding steroid dienone is 2. The van der Waals surface area contributed by atoms with Crippen molar-refractivity contribution in [2.45, 2.75) is 27.7 Å². The molecule has 0 radical (unpaired) electrons. The zero-order valence-corrected chi connectivity index (χ0v) is 15.9. The average molecular weight is 366 g/mol. The first kappa shape index (κ1) is 20.0. The molecule has 5 nitrogen and oxygen atoms in total. The number of carbonyl (C=O) groups is 2. The number of hydrogen-bond donors (Lipinski definition) is 0. The summed E-state index contributed by atoms with van der Waals surface area (Å²) in [6, 6.07) is 10.8. The summed E-state index contributed by atoms with van der Waals surface area (Å²) in [5, 5.41) is 1.80. The van der Waals surface area contributed by atoms with Crippen molar-refractivity contribution in [3.63, 3.8) is 0 Å². The number of esters is 2. The topological polar surface area (TPSA) is 61.8 Å². The Morgan fingerprint density at radius 2 is 1.19 bits per heavy atom. The molecule has 0 atom stereocenters. The van der Waals surface area contributed by atoms with Gasteiger partial charge in [-0.15, -0.1) is 0 Å². The second kappa shape index (κ2) is 8.36. The van der Waals surface area contributed by atoms with Gasteiger partial charge in [0.05, 0.1) is 0 Å². The Labute approximate surface area is 158 Å². The van der Waals surface area contributed by atoms with E-state index < -0.39 is 11.9 Å². The van der Waals surface area contributed by atoms with Gasteiger partial charge in [-0.25, -0.2) is 9.59 Å². The smallest absolute Gasteiger partial charge is 0.338 e. The van der Waals surface area contributed by atoms with E-state index in [1.54, 1.807) is 45.9 Å². The first-order valence-corrected chi connectivity index (χ1v) is 8.32. The molecule has 0 aliphatic carbocycles. The van der Waals surface area contributed by atoms with E-state index in [4.69, 9.17) is 14.2 Å². The molecule has 2 rings (SSSR count). The Kier molecular flexibility index (Phi) is 6.19. The Bertz CT molecular complexity index is 966. The van der Waals surface area contributed by atoms with Crippen LogP contribution in [0.3, 0.4) is 0 Å². The molecule has 2 aromatic rings. The summed E-state index contributed by atoms with van der Waals surface area (Å²) >= 11 is 0. The molecule has 0 unspecified atom stereocenters. The lowest BCUT2D eigenvalue weighted by Gasteiger charge is -2.11. The predicted octanol–water partition coefficient (Wildman–Crippen LogP) is 5.07. The number of rotatable bonds is 6. The quantitative estimate of drug-likeness (QED) is 0.309. The summed E-state index contributed by atoms with van der Waals surface area (Å²) in [6.07, 6.45) is 0. The maximum atomic E-state index is 11.6. The number of benzene rings is 2. The molecule has 140 valence electrons. The van der Waals surface area contributed by atoms with Crippen LogP contribution >= 0.6 is 0 Å². The highest BCUT2D eigenvalue weighted by Gasteiger charge is 2.10. The van der Waals surface area contributed by atoms with Crippen LogP contribution in [-0.4, -0.2) is 11.9 Å². The predicted molar refractivity (Wildman–Crippen MR) is 104 cm³/mol. The van der Waals surface area contributed by atoms with Gasteiger partial charge in [0.1, 0.15) is 23.0 Å². The Hall–Kier alpha value is -3.34. The van der Waals surface area contributed by atoms with Crippen molar-refractivity contribution in [2.75, 3.05) is 0 Å². The monoisotopic (exact) mass is 366 g/mol. The summed E-state index contributed by atoms with van der Waals surface area (Å²) in [7, 11) is 0. The number of hydrogen-bond acceptors (Lipinski definition) is 5. The van der Waals surface area contributed by atoms with E-state index in [0.717, 1.165) is 10.8 Å². The van der Waals surface area contributed by atoms with Crippen LogP contribution in [0.4, 0.5) is 0 Å². The number of carbonyl (C=O) groups excluding carboxylic acids is 2. The van der Waals surface area contributed by atoms with Gasteiger partial charge in [-0.05, 0) is 62.7 Å². The van der Waals surface area contributed by atoms with Gasteiger partial charge in [-0.2, -0.15) is 0 Å². The molecular formula is C22H22O5. The van der Waals surface area contributed by atoms with E-state index in [0.29, 0.717) is 34.2 Å². The van der Waals surface area contributed by atoms with Gasteiger partial charge in [0.2, 0.25) is 0 Å². The lowest BCUT2D eigenvalue weighted by Crippen LogP contribution is -2.08. The highest BCUT2D eigenvalue weighted by molar-refractivity contribution is 5.90. The van der Waals surface area contributed by atoms with Crippen LogP contribution in [0.5, 0.6) is 11.5 Å². The molecule has 0 saturated heterocycles. The van der Waals surface area contributed by atoms with Crippen molar-refractivity contribution in [2.24, 2.45) is 0 Å². The fourth-order valence-electron chi connectivity index (χ4n) is 2.07. The molecule has 27 heavy (non-hydrogen) atoms. The second-order valence-corrected chi connectivity index (χ2v) is 6.22. The molecule has 0 fully saturated rings. The van der Waals surface area contributed by atoms with Crippen LogP contribution in [0, 0.1) is 0 Å². The van der Waals surface area contributed by atoms with Crippen LogP contribution in [0.15, 0.2) is 72.2 Å². The second-order valence-electron chi connectivity index (χ2n) is 6.22. The Morgan fingerprint density at radius 1 is 0.704 bits per heavy atom. The minimum absolute atomic E-state index is 0.316. The third-order valence-corrected chi connectivity index (χ3v) is 3.70. The molecule has 0 spiro atoms. The van der Waals surface area contributed by atoms with Crippen molar-refractivity contribution in [1.82, 2.24) is 0 Å². The molecule has 0 aromatic heterocycles. The van der Waals surface area contributed by atoms with Gasteiger partial charge >= 0.3 is 11.9 Å². The van der Waals surface area contributed by atoms with E-state index >= 15 is 0 Å². The van der Waals surface area contributed by atoms with E-state index in [1.807, 2.05) is 18.2 Å². The third kappa shape index (κ3) is 5.31. The summed E-state index contributed by atoms with van der Waals surface area (Å²) < 4.78 is 16.2. The number of fused-ring (bicyclic) bond motifs is 1. The first-order valence-electron chi connectivity index (χ1n) is 8.32. The van der Waals surface area contributed by atoms with Crippen LogP contribution in [0.25, 0.3) is 10.8 Å². The maximum Gasteiger partial charge on any atom is 0.338 e. The number of ether oxygens (including phenoxy) is 3. The van der Waals surface area contributed by atoms with Crippen LogP contribution in [0.1, 0.15) is 27.7 Å². The lowest BCUT2D eigenvalue weighted by molar-refractivity contribution is -0.135. The molecule has 2 aromatic carbocycles. The van der Waals surface area contributed by atoms with Crippen molar-refractivity contribution in [3.8, 4) is 11.5 Å². The zero-order valence-electron chi connectivity index (χ0n) is 15.9. The highest BCUT2D eigenvalue weighted by Crippen LogP contribution is 2.26. The molecule has 0 bridgehead atoms. The normalized spacial score (nSPS) is 11.4. The SMILES string of the molecule is C=C(C)C(=O)O/C(C)=C(\C)Oc1ccc2cc(OC(=O)C(=C)C)ccc2c1. The fraction of sp³-hybridized carbons (Fsp3) is 0.182. The summed E-state index contributed by atoms with van der Waals surface area (Å²) in [5.41, 5.74) is 0.653. The molecule has 5 heteroatoms. The van der Waals surface area contributed by atoms with Gasteiger partial charge in [0.15, 0.2) is 0 Å². The van der Waals surface area contributed by atoms with Crippen molar-refractivity contribution in [1.29, 1.82) is 0 Å². The van der Waals surface area contributed by atoms with Crippen LogP contribution in [0.2, 0.25) is 0 Å². The van der Waals surface area contributed by atoms with Crippen molar-refractivity contribution < 1.29 is 23.8 Å². The molecule has 0 amide bonds. The minimum Gasteiger partial charge on any atom is -0.458 e. The highest BCUT2D eigenvalue weighted by atomic mass is 16.6. The lowest BCUT2D eigenvalue weighted by atomic mass is 10.1. The maximum absolute atomic E-state index is 11.6. The van der Waals surface area contributed by atoms with Gasteiger partial charge in [0.25, 0.3) is 0 Å². The van der Waals surface area contributed by atoms with E-state index in [2.05, 4.69) is 13.2 Å². The summed E-state index contributed by atoms with van der Waals surface area (Å²) in [4.78, 5) is 23.2. The Balaban J connectivity index is 2.19. The molecule has 0 aliphatic heterocycles. The van der Waals surface area contributed by atoms with Crippen molar-refractivity contribution in [3.05, 3.63) is 72.2 Å². The first-order chi connectivity index (χ1) is 12.7. The van der Waals surface area contributed by atoms with Gasteiger partial charge in [-0.3, -0.25) is 0 Å². The molecule has 0 aliphatic rings. The Morgan fingerprint density at radius 3 is 1.67 bits per heavy atom. The van der Waals surface area contributed by atoms with Gasteiger partial charge in [-0.1, -0.05) is 25.3 Å². The van der Waals surface area contributed by atoms with E-state index in [9.17, 15) is 9.59 Å².